The van der Waals surface area contributed by atoms with E-state index in [1.807, 2.05) is 6.20 Å². The van der Waals surface area contributed by atoms with E-state index in [0.29, 0.717) is 38.5 Å². The van der Waals surface area contributed by atoms with Crippen LogP contribution in [0, 0.1) is 6.92 Å². The largest absolute Gasteiger partial charge is 0.460 e. The first-order chi connectivity index (χ1) is 15.7. The molecule has 32 heavy (non-hydrogen) atoms. The summed E-state index contributed by atoms with van der Waals surface area (Å²) in [6.07, 6.45) is 8.11. The van der Waals surface area contributed by atoms with E-state index in [2.05, 4.69) is 33.0 Å². The highest BCUT2D eigenvalue weighted by molar-refractivity contribution is 5.60. The number of nitrogens with two attached hydrogens (primary N) is 1. The van der Waals surface area contributed by atoms with Crippen LogP contribution in [0.2, 0.25) is 0 Å². The number of hydrogen-bond acceptors (Lipinski definition) is 9. The number of anilines is 2. The molecule has 1 aliphatic rings. The van der Waals surface area contributed by atoms with Crippen molar-refractivity contribution in [1.82, 2.24) is 24.6 Å². The summed E-state index contributed by atoms with van der Waals surface area (Å²) < 4.78 is 17.7. The molecule has 3 aromatic heterocycles. The summed E-state index contributed by atoms with van der Waals surface area (Å²) in [6.45, 7) is 6.07. The topological polar surface area (TPSA) is 113 Å². The van der Waals surface area contributed by atoms with Crippen molar-refractivity contribution in [2.24, 2.45) is 0 Å². The van der Waals surface area contributed by atoms with Gasteiger partial charge >= 0.3 is 6.01 Å². The molecular weight excluding hydrogens is 410 g/mol. The molecule has 0 aliphatic carbocycles. The van der Waals surface area contributed by atoms with Crippen molar-refractivity contribution in [1.29, 1.82) is 0 Å². The van der Waals surface area contributed by atoms with Crippen molar-refractivity contribution in [2.45, 2.75) is 32.6 Å². The van der Waals surface area contributed by atoms with Crippen LogP contribution in [-0.2, 0) is 15.9 Å². The van der Waals surface area contributed by atoms with E-state index in [0.717, 1.165) is 30.2 Å². The van der Waals surface area contributed by atoms with Gasteiger partial charge in [-0.3, -0.25) is 0 Å². The molecule has 2 N–H and O–H groups in total. The number of rotatable bonds is 10. The number of methoxy groups -OCH3 is 1. The molecular formula is C22H31N7O3. The van der Waals surface area contributed by atoms with Crippen molar-refractivity contribution >= 4 is 17.3 Å². The Morgan fingerprint density at radius 3 is 2.62 bits per heavy atom. The molecule has 0 spiro atoms. The normalized spacial score (nSPS) is 14.2. The van der Waals surface area contributed by atoms with Gasteiger partial charge in [0, 0.05) is 32.8 Å². The Bertz CT molecular complexity index is 1030. The molecule has 0 atom stereocenters. The van der Waals surface area contributed by atoms with Gasteiger partial charge in [-0.2, -0.15) is 4.98 Å². The molecule has 10 nitrogen and oxygen atoms in total. The van der Waals surface area contributed by atoms with Gasteiger partial charge in [0.25, 0.3) is 0 Å². The molecule has 0 radical (unpaired) electrons. The van der Waals surface area contributed by atoms with Gasteiger partial charge in [0.1, 0.15) is 12.4 Å². The number of pyridine rings is 1. The maximum Gasteiger partial charge on any atom is 0.336 e. The molecule has 4 rings (SSSR count). The number of aryl methyl sites for hydroxylation is 1. The van der Waals surface area contributed by atoms with Crippen LogP contribution in [0.25, 0.3) is 5.65 Å². The van der Waals surface area contributed by atoms with Crippen molar-refractivity contribution in [3.05, 3.63) is 35.3 Å². The zero-order chi connectivity index (χ0) is 22.3. The standard InChI is InChI=1S/C22H31N7O3/c1-16-12-17(14-24-20(16)28-6-4-3-5-7-28)13-18-15-25-21-19(23)26-22(27-29(18)21)32-11-10-31-9-8-30-2/h12,14-15H,3-11,13H2,1-2H3,(H2,23,26,27). The first-order valence-electron chi connectivity index (χ1n) is 11.1. The number of hydrogen-bond donors (Lipinski definition) is 1. The smallest absolute Gasteiger partial charge is 0.336 e. The Morgan fingerprint density at radius 2 is 1.84 bits per heavy atom. The number of nitrogens with zero attached hydrogens (tertiary/aromatic N) is 6. The SMILES string of the molecule is COCCOCCOc1nc(N)c2ncc(Cc3cnc(N4CCCCC4)c(C)c3)n2n1. The van der Waals surface area contributed by atoms with Crippen molar-refractivity contribution in [3.63, 3.8) is 0 Å². The number of imidazole rings is 1. The zero-order valence-corrected chi connectivity index (χ0v) is 18.8. The molecule has 0 unspecified atom stereocenters. The van der Waals surface area contributed by atoms with Crippen LogP contribution in [0.3, 0.4) is 0 Å². The Morgan fingerprint density at radius 1 is 1.03 bits per heavy atom. The van der Waals surface area contributed by atoms with E-state index >= 15 is 0 Å². The molecule has 3 aromatic rings. The van der Waals surface area contributed by atoms with Crippen LogP contribution in [0.4, 0.5) is 11.6 Å². The second kappa shape index (κ2) is 10.6. The Kier molecular flexibility index (Phi) is 7.33. The Labute approximate surface area is 187 Å². The van der Waals surface area contributed by atoms with Crippen LogP contribution in [0.15, 0.2) is 18.5 Å². The van der Waals surface area contributed by atoms with Crippen molar-refractivity contribution < 1.29 is 14.2 Å². The predicted octanol–water partition coefficient (Wildman–Crippen LogP) is 2.03. The summed E-state index contributed by atoms with van der Waals surface area (Å²) >= 11 is 0. The highest BCUT2D eigenvalue weighted by Gasteiger charge is 2.16. The fourth-order valence-electron chi connectivity index (χ4n) is 3.91. The minimum Gasteiger partial charge on any atom is -0.460 e. The quantitative estimate of drug-likeness (QED) is 0.472. The highest BCUT2D eigenvalue weighted by Crippen LogP contribution is 2.23. The number of fused-ring (bicyclic) bond motifs is 1. The molecule has 0 aromatic carbocycles. The lowest BCUT2D eigenvalue weighted by Crippen LogP contribution is -2.30. The summed E-state index contributed by atoms with van der Waals surface area (Å²) in [7, 11) is 1.63. The highest BCUT2D eigenvalue weighted by atomic mass is 16.5. The maximum atomic E-state index is 6.08. The third-order valence-electron chi connectivity index (χ3n) is 5.48. The number of aromatic nitrogens is 5. The molecule has 4 heterocycles. The van der Waals surface area contributed by atoms with Gasteiger partial charge < -0.3 is 24.8 Å². The van der Waals surface area contributed by atoms with Crippen LogP contribution < -0.4 is 15.4 Å². The van der Waals surface area contributed by atoms with Gasteiger partial charge in [-0.15, -0.1) is 5.10 Å². The molecule has 1 saturated heterocycles. The van der Waals surface area contributed by atoms with Crippen molar-refractivity contribution in [3.8, 4) is 6.01 Å². The third-order valence-corrected chi connectivity index (χ3v) is 5.48. The van der Waals surface area contributed by atoms with Crippen molar-refractivity contribution in [2.75, 3.05) is 57.3 Å². The lowest BCUT2D eigenvalue weighted by Gasteiger charge is -2.29. The zero-order valence-electron chi connectivity index (χ0n) is 18.8. The van der Waals surface area contributed by atoms with Crippen LogP contribution in [0.5, 0.6) is 6.01 Å². The second-order valence-corrected chi connectivity index (χ2v) is 7.93. The van der Waals surface area contributed by atoms with Gasteiger partial charge in [-0.1, -0.05) is 6.07 Å². The van der Waals surface area contributed by atoms with Gasteiger partial charge in [0.2, 0.25) is 0 Å². The Hall–Kier alpha value is -2.98. The minimum absolute atomic E-state index is 0.194. The predicted molar refractivity (Wildman–Crippen MR) is 121 cm³/mol. The second-order valence-electron chi connectivity index (χ2n) is 7.93. The monoisotopic (exact) mass is 441 g/mol. The maximum absolute atomic E-state index is 6.08. The average molecular weight is 442 g/mol. The average Bonchev–Trinajstić information content (AvgIpc) is 3.20. The van der Waals surface area contributed by atoms with Gasteiger partial charge in [0.05, 0.1) is 31.7 Å². The van der Waals surface area contributed by atoms with E-state index in [1.165, 1.54) is 24.8 Å². The van der Waals surface area contributed by atoms with Crippen LogP contribution in [0.1, 0.15) is 36.1 Å². The molecule has 0 saturated carbocycles. The minimum atomic E-state index is 0.194. The summed E-state index contributed by atoms with van der Waals surface area (Å²) in [5, 5.41) is 4.47. The van der Waals surface area contributed by atoms with Gasteiger partial charge in [-0.25, -0.2) is 14.5 Å². The van der Waals surface area contributed by atoms with E-state index < -0.39 is 0 Å². The van der Waals surface area contributed by atoms with Gasteiger partial charge in [-0.05, 0) is 37.3 Å². The molecule has 1 aliphatic heterocycles. The lowest BCUT2D eigenvalue weighted by molar-refractivity contribution is 0.0526. The van der Waals surface area contributed by atoms with E-state index in [4.69, 9.17) is 24.9 Å². The molecule has 1 fully saturated rings. The lowest BCUT2D eigenvalue weighted by atomic mass is 10.1. The number of piperidine rings is 1. The third kappa shape index (κ3) is 5.25. The summed E-state index contributed by atoms with van der Waals surface area (Å²) in [4.78, 5) is 15.7. The Balaban J connectivity index is 1.46. The fraction of sp³-hybridized carbons (Fsp3) is 0.545. The molecule has 0 amide bonds. The first-order valence-corrected chi connectivity index (χ1v) is 11.1. The summed E-state index contributed by atoms with van der Waals surface area (Å²) in [5.41, 5.74) is 9.76. The van der Waals surface area contributed by atoms with Gasteiger partial charge in [0.15, 0.2) is 11.5 Å². The molecule has 10 heteroatoms. The summed E-state index contributed by atoms with van der Waals surface area (Å²) in [5.74, 6) is 1.36. The number of ether oxygens (including phenoxy) is 3. The van der Waals surface area contributed by atoms with Crippen LogP contribution in [-0.4, -0.2) is 71.2 Å². The molecule has 0 bridgehead atoms. The first kappa shape index (κ1) is 22.2. The summed E-state index contributed by atoms with van der Waals surface area (Å²) in [6, 6.07) is 2.38. The van der Waals surface area contributed by atoms with E-state index in [1.54, 1.807) is 17.8 Å². The fourth-order valence-corrected chi connectivity index (χ4v) is 3.91. The van der Waals surface area contributed by atoms with E-state index in [9.17, 15) is 0 Å². The molecule has 172 valence electrons. The number of nitrogen functional groups attached to an aromatic ring is 1. The van der Waals surface area contributed by atoms with Crippen LogP contribution >= 0.6 is 0 Å². The van der Waals surface area contributed by atoms with E-state index in [-0.39, 0.29) is 11.8 Å².